The molecular formula is C11H14N2O. The number of hydrogen-bond donors (Lipinski definition) is 1. The van der Waals surface area contributed by atoms with E-state index in [0.717, 1.165) is 19.4 Å². The molecule has 3 heteroatoms. The molecule has 1 aliphatic rings. The van der Waals surface area contributed by atoms with Crippen molar-refractivity contribution in [1.29, 1.82) is 0 Å². The molecule has 1 aromatic carbocycles. The molecule has 0 atom stereocenters. The van der Waals surface area contributed by atoms with Gasteiger partial charge in [0.05, 0.1) is 0 Å². The monoisotopic (exact) mass is 190 g/mol. The van der Waals surface area contributed by atoms with Crippen molar-refractivity contribution in [3.05, 3.63) is 35.4 Å². The van der Waals surface area contributed by atoms with Crippen LogP contribution in [-0.2, 0) is 13.0 Å². The maximum atomic E-state index is 11.1. The van der Waals surface area contributed by atoms with Gasteiger partial charge in [0.25, 0.3) is 0 Å². The quantitative estimate of drug-likeness (QED) is 0.662. The number of urea groups is 1. The summed E-state index contributed by atoms with van der Waals surface area (Å²) in [6.07, 6.45) is 2.04. The van der Waals surface area contributed by atoms with E-state index < -0.39 is 0 Å². The molecule has 0 aliphatic carbocycles. The smallest absolute Gasteiger partial charge is 0.315 e. The Morgan fingerprint density at radius 3 is 2.71 bits per heavy atom. The molecule has 1 aliphatic heterocycles. The SMILES string of the molecule is NC(=O)N1CCCc2ccccc2C1. The molecular weight excluding hydrogens is 176 g/mol. The summed E-state index contributed by atoms with van der Waals surface area (Å²) < 4.78 is 0. The number of benzene rings is 1. The van der Waals surface area contributed by atoms with Gasteiger partial charge in [0.2, 0.25) is 0 Å². The zero-order valence-electron chi connectivity index (χ0n) is 8.07. The summed E-state index contributed by atoms with van der Waals surface area (Å²) >= 11 is 0. The van der Waals surface area contributed by atoms with E-state index in [0.29, 0.717) is 6.54 Å². The molecule has 0 radical (unpaired) electrons. The number of nitrogens with two attached hydrogens (primary N) is 1. The maximum absolute atomic E-state index is 11.1. The van der Waals surface area contributed by atoms with Crippen LogP contribution in [0.4, 0.5) is 4.79 Å². The minimum Gasteiger partial charge on any atom is -0.351 e. The predicted molar refractivity (Wildman–Crippen MR) is 54.8 cm³/mol. The van der Waals surface area contributed by atoms with Crippen molar-refractivity contribution in [3.63, 3.8) is 0 Å². The molecule has 0 unspecified atom stereocenters. The normalized spacial score (nSPS) is 15.9. The van der Waals surface area contributed by atoms with Crippen LogP contribution in [0.5, 0.6) is 0 Å². The van der Waals surface area contributed by atoms with Crippen LogP contribution in [0.15, 0.2) is 24.3 Å². The average Bonchev–Trinajstić information content (AvgIpc) is 2.39. The van der Waals surface area contributed by atoms with Crippen molar-refractivity contribution < 1.29 is 4.79 Å². The third kappa shape index (κ3) is 1.71. The number of amides is 2. The largest absolute Gasteiger partial charge is 0.351 e. The first-order valence-electron chi connectivity index (χ1n) is 4.88. The number of primary amides is 1. The van der Waals surface area contributed by atoms with Crippen molar-refractivity contribution in [3.8, 4) is 0 Å². The van der Waals surface area contributed by atoms with Crippen LogP contribution in [0.25, 0.3) is 0 Å². The second kappa shape index (κ2) is 3.70. The van der Waals surface area contributed by atoms with Crippen LogP contribution in [-0.4, -0.2) is 17.5 Å². The summed E-state index contributed by atoms with van der Waals surface area (Å²) in [7, 11) is 0. The fraction of sp³-hybridized carbons (Fsp3) is 0.364. The maximum Gasteiger partial charge on any atom is 0.315 e. The number of fused-ring (bicyclic) bond motifs is 1. The fourth-order valence-corrected chi connectivity index (χ4v) is 1.89. The highest BCUT2D eigenvalue weighted by molar-refractivity contribution is 5.72. The third-order valence-corrected chi connectivity index (χ3v) is 2.67. The molecule has 0 saturated heterocycles. The molecule has 0 fully saturated rings. The first kappa shape index (κ1) is 9.06. The van der Waals surface area contributed by atoms with Gasteiger partial charge in [-0.1, -0.05) is 24.3 Å². The lowest BCUT2D eigenvalue weighted by Gasteiger charge is -2.17. The van der Waals surface area contributed by atoms with E-state index in [1.807, 2.05) is 12.1 Å². The van der Waals surface area contributed by atoms with E-state index >= 15 is 0 Å². The van der Waals surface area contributed by atoms with Crippen LogP contribution in [0.2, 0.25) is 0 Å². The van der Waals surface area contributed by atoms with Gasteiger partial charge in [0, 0.05) is 13.1 Å². The van der Waals surface area contributed by atoms with Gasteiger partial charge in [-0.3, -0.25) is 0 Å². The average molecular weight is 190 g/mol. The highest BCUT2D eigenvalue weighted by atomic mass is 16.2. The number of nitrogens with zero attached hydrogens (tertiary/aromatic N) is 1. The van der Waals surface area contributed by atoms with Gasteiger partial charge in [-0.15, -0.1) is 0 Å². The van der Waals surface area contributed by atoms with Crippen molar-refractivity contribution in [2.24, 2.45) is 5.73 Å². The molecule has 1 aromatic rings. The molecule has 2 rings (SSSR count). The standard InChI is InChI=1S/C11H14N2O/c12-11(14)13-7-3-6-9-4-1-2-5-10(9)8-13/h1-2,4-5H,3,6-8H2,(H2,12,14). The van der Waals surface area contributed by atoms with E-state index in [2.05, 4.69) is 12.1 Å². The molecule has 3 nitrogen and oxygen atoms in total. The van der Waals surface area contributed by atoms with E-state index in [1.54, 1.807) is 4.90 Å². The number of aryl methyl sites for hydroxylation is 1. The van der Waals surface area contributed by atoms with E-state index in [1.165, 1.54) is 11.1 Å². The van der Waals surface area contributed by atoms with Crippen molar-refractivity contribution in [2.45, 2.75) is 19.4 Å². The van der Waals surface area contributed by atoms with E-state index in [9.17, 15) is 4.79 Å². The zero-order chi connectivity index (χ0) is 9.97. The van der Waals surface area contributed by atoms with Gasteiger partial charge in [0.15, 0.2) is 0 Å². The lowest BCUT2D eigenvalue weighted by molar-refractivity contribution is 0.206. The van der Waals surface area contributed by atoms with Crippen LogP contribution in [0.1, 0.15) is 17.5 Å². The number of hydrogen-bond acceptors (Lipinski definition) is 1. The molecule has 2 amide bonds. The molecule has 14 heavy (non-hydrogen) atoms. The second-order valence-corrected chi connectivity index (χ2v) is 3.63. The Balaban J connectivity index is 2.26. The van der Waals surface area contributed by atoms with Crippen molar-refractivity contribution in [1.82, 2.24) is 4.90 Å². The molecule has 0 spiro atoms. The first-order chi connectivity index (χ1) is 6.77. The number of carbonyl (C=O) groups is 1. The first-order valence-corrected chi connectivity index (χ1v) is 4.88. The Bertz CT molecular complexity index is 349. The molecule has 74 valence electrons. The van der Waals surface area contributed by atoms with Crippen LogP contribution < -0.4 is 5.73 Å². The lowest BCUT2D eigenvalue weighted by atomic mass is 10.0. The summed E-state index contributed by atoms with van der Waals surface area (Å²) in [5, 5.41) is 0. The fourth-order valence-electron chi connectivity index (χ4n) is 1.89. The van der Waals surface area contributed by atoms with Crippen LogP contribution in [0, 0.1) is 0 Å². The summed E-state index contributed by atoms with van der Waals surface area (Å²) in [4.78, 5) is 12.8. The summed E-state index contributed by atoms with van der Waals surface area (Å²) in [5.74, 6) is 0. The summed E-state index contributed by atoms with van der Waals surface area (Å²) in [6.45, 7) is 1.43. The minimum atomic E-state index is -0.318. The van der Waals surface area contributed by atoms with Gasteiger partial charge < -0.3 is 10.6 Å². The summed E-state index contributed by atoms with van der Waals surface area (Å²) in [5.41, 5.74) is 7.85. The molecule has 0 bridgehead atoms. The topological polar surface area (TPSA) is 46.3 Å². The zero-order valence-corrected chi connectivity index (χ0v) is 8.07. The van der Waals surface area contributed by atoms with Crippen molar-refractivity contribution in [2.75, 3.05) is 6.54 Å². The Hall–Kier alpha value is -1.51. The Morgan fingerprint density at radius 2 is 2.00 bits per heavy atom. The van der Waals surface area contributed by atoms with E-state index in [4.69, 9.17) is 5.73 Å². The lowest BCUT2D eigenvalue weighted by Crippen LogP contribution is -2.35. The van der Waals surface area contributed by atoms with Gasteiger partial charge in [-0.05, 0) is 24.0 Å². The Morgan fingerprint density at radius 1 is 1.29 bits per heavy atom. The molecule has 0 aromatic heterocycles. The molecule has 1 heterocycles. The van der Waals surface area contributed by atoms with Crippen LogP contribution in [0.3, 0.4) is 0 Å². The van der Waals surface area contributed by atoms with Gasteiger partial charge in [-0.2, -0.15) is 0 Å². The highest BCUT2D eigenvalue weighted by Gasteiger charge is 2.15. The van der Waals surface area contributed by atoms with Gasteiger partial charge in [-0.25, -0.2) is 4.79 Å². The van der Waals surface area contributed by atoms with Crippen molar-refractivity contribution >= 4 is 6.03 Å². The molecule has 2 N–H and O–H groups in total. The predicted octanol–water partition coefficient (Wildman–Crippen LogP) is 1.51. The molecule has 0 saturated carbocycles. The van der Waals surface area contributed by atoms with Gasteiger partial charge in [0.1, 0.15) is 0 Å². The van der Waals surface area contributed by atoms with Gasteiger partial charge >= 0.3 is 6.03 Å². The number of carbonyl (C=O) groups excluding carboxylic acids is 1. The van der Waals surface area contributed by atoms with Crippen LogP contribution >= 0.6 is 0 Å². The Labute approximate surface area is 83.5 Å². The van der Waals surface area contributed by atoms with E-state index in [-0.39, 0.29) is 6.03 Å². The second-order valence-electron chi connectivity index (χ2n) is 3.63. The summed E-state index contributed by atoms with van der Waals surface area (Å²) in [6, 6.07) is 7.92. The highest BCUT2D eigenvalue weighted by Crippen LogP contribution is 2.17. The third-order valence-electron chi connectivity index (χ3n) is 2.67. The number of rotatable bonds is 0. The minimum absolute atomic E-state index is 0.318. The Kier molecular flexibility index (Phi) is 2.39.